The summed E-state index contributed by atoms with van der Waals surface area (Å²) in [5.74, 6) is 1.55. The molecule has 1 aromatic heterocycles. The summed E-state index contributed by atoms with van der Waals surface area (Å²) in [5.41, 5.74) is 3.78. The first-order chi connectivity index (χ1) is 8.79. The molecule has 2 nitrogen and oxygen atoms in total. The van der Waals surface area contributed by atoms with Crippen molar-refractivity contribution in [3.05, 3.63) is 41.6 Å². The molecule has 1 fully saturated rings. The lowest BCUT2D eigenvalue weighted by molar-refractivity contribution is 0.650. The quantitative estimate of drug-likeness (QED) is 0.887. The molecule has 0 spiro atoms. The summed E-state index contributed by atoms with van der Waals surface area (Å²) in [6.07, 6.45) is 1.32. The Morgan fingerprint density at radius 3 is 3.00 bits per heavy atom. The second-order valence-electron chi connectivity index (χ2n) is 5.28. The minimum Gasteiger partial charge on any atom is -0.317 e. The van der Waals surface area contributed by atoms with Gasteiger partial charge in [0, 0.05) is 11.1 Å². The molecule has 1 N–H and O–H groups in total. The maximum absolute atomic E-state index is 4.62. The molecule has 2 unspecified atom stereocenters. The van der Waals surface area contributed by atoms with Crippen LogP contribution in [0.25, 0.3) is 10.9 Å². The Kier molecular flexibility index (Phi) is 3.04. The van der Waals surface area contributed by atoms with Gasteiger partial charge in [-0.2, -0.15) is 0 Å². The number of pyridine rings is 1. The van der Waals surface area contributed by atoms with E-state index in [4.69, 9.17) is 0 Å². The molecule has 1 aliphatic carbocycles. The molecule has 94 valence electrons. The first-order valence-electron chi connectivity index (χ1n) is 6.86. The molecule has 0 radical (unpaired) electrons. The molecule has 1 aliphatic rings. The molecule has 18 heavy (non-hydrogen) atoms. The summed E-state index contributed by atoms with van der Waals surface area (Å²) >= 11 is 0. The average Bonchev–Trinajstić information content (AvgIpc) is 3.14. The van der Waals surface area contributed by atoms with Crippen molar-refractivity contribution in [1.82, 2.24) is 10.3 Å². The topological polar surface area (TPSA) is 24.9 Å². The van der Waals surface area contributed by atoms with Gasteiger partial charge in [0.05, 0.1) is 5.52 Å². The lowest BCUT2D eigenvalue weighted by atomic mass is 10.0. The number of aryl methyl sites for hydroxylation is 1. The van der Waals surface area contributed by atoms with Gasteiger partial charge >= 0.3 is 0 Å². The summed E-state index contributed by atoms with van der Waals surface area (Å²) < 4.78 is 0. The fraction of sp³-hybridized carbons (Fsp3) is 0.438. The molecular weight excluding hydrogens is 220 g/mol. The van der Waals surface area contributed by atoms with Crippen molar-refractivity contribution in [1.29, 1.82) is 0 Å². The molecule has 0 amide bonds. The number of aromatic nitrogens is 1. The highest BCUT2D eigenvalue weighted by atomic mass is 14.9. The minimum absolute atomic E-state index is 0.732. The average molecular weight is 240 g/mol. The Labute approximate surface area is 108 Å². The van der Waals surface area contributed by atoms with Crippen LogP contribution >= 0.6 is 0 Å². The van der Waals surface area contributed by atoms with Crippen molar-refractivity contribution in [3.63, 3.8) is 0 Å². The van der Waals surface area contributed by atoms with Crippen LogP contribution in [-0.4, -0.2) is 18.1 Å². The van der Waals surface area contributed by atoms with Gasteiger partial charge < -0.3 is 5.32 Å². The molecule has 0 saturated heterocycles. The van der Waals surface area contributed by atoms with E-state index in [1.165, 1.54) is 17.4 Å². The fourth-order valence-electron chi connectivity index (χ4n) is 2.83. The third-order valence-electron chi connectivity index (χ3n) is 3.85. The van der Waals surface area contributed by atoms with Crippen molar-refractivity contribution in [2.24, 2.45) is 5.92 Å². The molecular formula is C16H20N2. The van der Waals surface area contributed by atoms with Gasteiger partial charge in [0.1, 0.15) is 0 Å². The van der Waals surface area contributed by atoms with Crippen molar-refractivity contribution in [2.75, 3.05) is 13.1 Å². The number of nitrogens with one attached hydrogen (secondary N) is 1. The zero-order chi connectivity index (χ0) is 12.5. The van der Waals surface area contributed by atoms with Gasteiger partial charge in [-0.25, -0.2) is 0 Å². The summed E-state index contributed by atoms with van der Waals surface area (Å²) in [6, 6.07) is 10.8. The molecule has 3 rings (SSSR count). The van der Waals surface area contributed by atoms with E-state index in [9.17, 15) is 0 Å². The smallest absolute Gasteiger partial charge is 0.0708 e. The number of rotatable bonds is 4. The van der Waals surface area contributed by atoms with E-state index in [0.29, 0.717) is 0 Å². The van der Waals surface area contributed by atoms with E-state index in [2.05, 4.69) is 54.5 Å². The Morgan fingerprint density at radius 2 is 2.17 bits per heavy atom. The maximum atomic E-state index is 4.62. The number of hydrogen-bond donors (Lipinski definition) is 1. The maximum Gasteiger partial charge on any atom is 0.0708 e. The first-order valence-corrected chi connectivity index (χ1v) is 6.86. The monoisotopic (exact) mass is 240 g/mol. The van der Waals surface area contributed by atoms with Crippen LogP contribution in [0, 0.1) is 12.8 Å². The Bertz CT molecular complexity index is 562. The number of para-hydroxylation sites is 1. The predicted molar refractivity (Wildman–Crippen MR) is 75.9 cm³/mol. The summed E-state index contributed by atoms with van der Waals surface area (Å²) in [7, 11) is 0. The molecule has 2 heteroatoms. The van der Waals surface area contributed by atoms with Crippen LogP contribution in [0.1, 0.15) is 30.5 Å². The van der Waals surface area contributed by atoms with Gasteiger partial charge in [0.2, 0.25) is 0 Å². The third-order valence-corrected chi connectivity index (χ3v) is 3.85. The van der Waals surface area contributed by atoms with E-state index < -0.39 is 0 Å². The number of benzene rings is 1. The second-order valence-corrected chi connectivity index (χ2v) is 5.28. The number of fused-ring (bicyclic) bond motifs is 1. The van der Waals surface area contributed by atoms with E-state index in [0.717, 1.165) is 36.1 Å². The predicted octanol–water partition coefficient (Wildman–Crippen LogP) is 3.26. The Balaban J connectivity index is 1.93. The third kappa shape index (κ3) is 2.13. The van der Waals surface area contributed by atoms with Crippen LogP contribution in [0.4, 0.5) is 0 Å². The molecule has 1 saturated carbocycles. The van der Waals surface area contributed by atoms with Gasteiger partial charge in [-0.15, -0.1) is 0 Å². The molecule has 0 aliphatic heterocycles. The SMILES string of the molecule is CCNCC1CC1c1cc(C)nc2ccccc12. The van der Waals surface area contributed by atoms with Gasteiger partial charge in [-0.05, 0) is 56.0 Å². The van der Waals surface area contributed by atoms with Crippen molar-refractivity contribution < 1.29 is 0 Å². The van der Waals surface area contributed by atoms with E-state index >= 15 is 0 Å². The molecule has 1 heterocycles. The van der Waals surface area contributed by atoms with Crippen LogP contribution in [0.2, 0.25) is 0 Å². The normalized spacial score (nSPS) is 22.3. The van der Waals surface area contributed by atoms with E-state index in [1.807, 2.05) is 0 Å². The van der Waals surface area contributed by atoms with Gasteiger partial charge in [0.15, 0.2) is 0 Å². The Hall–Kier alpha value is -1.41. The van der Waals surface area contributed by atoms with Gasteiger partial charge in [0.25, 0.3) is 0 Å². The summed E-state index contributed by atoms with van der Waals surface area (Å²) in [5, 5.41) is 4.80. The van der Waals surface area contributed by atoms with Crippen LogP contribution in [-0.2, 0) is 0 Å². The highest BCUT2D eigenvalue weighted by molar-refractivity contribution is 5.83. The van der Waals surface area contributed by atoms with E-state index in [1.54, 1.807) is 0 Å². The van der Waals surface area contributed by atoms with Gasteiger partial charge in [-0.3, -0.25) is 4.98 Å². The van der Waals surface area contributed by atoms with Crippen LogP contribution < -0.4 is 5.32 Å². The second kappa shape index (κ2) is 4.69. The zero-order valence-corrected chi connectivity index (χ0v) is 11.1. The fourth-order valence-corrected chi connectivity index (χ4v) is 2.83. The largest absolute Gasteiger partial charge is 0.317 e. The highest BCUT2D eigenvalue weighted by Gasteiger charge is 2.38. The van der Waals surface area contributed by atoms with E-state index in [-0.39, 0.29) is 0 Å². The van der Waals surface area contributed by atoms with Crippen molar-refractivity contribution >= 4 is 10.9 Å². The highest BCUT2D eigenvalue weighted by Crippen LogP contribution is 2.48. The number of hydrogen-bond acceptors (Lipinski definition) is 2. The van der Waals surface area contributed by atoms with Gasteiger partial charge in [-0.1, -0.05) is 25.1 Å². The van der Waals surface area contributed by atoms with Crippen molar-refractivity contribution in [3.8, 4) is 0 Å². The van der Waals surface area contributed by atoms with Crippen LogP contribution in [0.3, 0.4) is 0 Å². The lowest BCUT2D eigenvalue weighted by Crippen LogP contribution is -2.16. The Morgan fingerprint density at radius 1 is 1.33 bits per heavy atom. The molecule has 2 aromatic rings. The first kappa shape index (κ1) is 11.7. The number of nitrogens with zero attached hydrogens (tertiary/aromatic N) is 1. The van der Waals surface area contributed by atoms with Crippen LogP contribution in [0.5, 0.6) is 0 Å². The molecule has 1 aromatic carbocycles. The molecule has 0 bridgehead atoms. The minimum atomic E-state index is 0.732. The summed E-state index contributed by atoms with van der Waals surface area (Å²) in [6.45, 7) is 6.48. The van der Waals surface area contributed by atoms with Crippen LogP contribution in [0.15, 0.2) is 30.3 Å². The van der Waals surface area contributed by atoms with Crippen molar-refractivity contribution in [2.45, 2.75) is 26.2 Å². The lowest BCUT2D eigenvalue weighted by Gasteiger charge is -2.08. The summed E-state index contributed by atoms with van der Waals surface area (Å²) in [4.78, 5) is 4.62. The zero-order valence-electron chi connectivity index (χ0n) is 11.1. The standard InChI is InChI=1S/C16H20N2/c1-3-17-10-12-9-14(12)15-8-11(2)18-16-7-5-4-6-13(15)16/h4-8,12,14,17H,3,9-10H2,1-2H3. The molecule has 2 atom stereocenters.